The van der Waals surface area contributed by atoms with Crippen LogP contribution in [0.15, 0.2) is 0 Å². The minimum atomic E-state index is 0.442. The summed E-state index contributed by atoms with van der Waals surface area (Å²) in [6.07, 6.45) is 4.08. The third-order valence-electron chi connectivity index (χ3n) is 5.17. The highest BCUT2D eigenvalue weighted by Gasteiger charge is 2.52. The van der Waals surface area contributed by atoms with E-state index < -0.39 is 0 Å². The Hall–Kier alpha value is -0.0800. The summed E-state index contributed by atoms with van der Waals surface area (Å²) in [6.45, 7) is 8.79. The van der Waals surface area contributed by atoms with Crippen molar-refractivity contribution in [2.75, 3.05) is 33.7 Å². The molecule has 2 atom stereocenters. The van der Waals surface area contributed by atoms with Crippen LogP contribution in [0.1, 0.15) is 33.1 Å². The predicted octanol–water partition coefficient (Wildman–Crippen LogP) is 1.81. The molecule has 0 aliphatic carbocycles. The van der Waals surface area contributed by atoms with Gasteiger partial charge in [0.2, 0.25) is 0 Å². The summed E-state index contributed by atoms with van der Waals surface area (Å²) in [4.78, 5) is 5.08. The Bertz CT molecular complexity index is 228. The standard InChI is InChI=1S/C12H24N2/c1-11-5-8-13(3)9-7-12(11,2)14(4)10-6-11/h5-10H2,1-4H3. The van der Waals surface area contributed by atoms with E-state index in [1.54, 1.807) is 0 Å². The molecule has 0 N–H and O–H groups in total. The van der Waals surface area contributed by atoms with Gasteiger partial charge in [-0.1, -0.05) is 6.92 Å². The van der Waals surface area contributed by atoms with E-state index in [1.807, 2.05) is 0 Å². The Labute approximate surface area is 88.3 Å². The zero-order chi connectivity index (χ0) is 10.4. The van der Waals surface area contributed by atoms with E-state index >= 15 is 0 Å². The molecule has 0 aromatic rings. The predicted molar refractivity (Wildman–Crippen MR) is 60.5 cm³/mol. The van der Waals surface area contributed by atoms with E-state index in [1.165, 1.54) is 38.9 Å². The van der Waals surface area contributed by atoms with Gasteiger partial charge in [0.15, 0.2) is 0 Å². The zero-order valence-electron chi connectivity index (χ0n) is 10.1. The van der Waals surface area contributed by atoms with Crippen LogP contribution in [0.4, 0.5) is 0 Å². The fourth-order valence-corrected chi connectivity index (χ4v) is 3.24. The molecule has 2 fully saturated rings. The van der Waals surface area contributed by atoms with E-state index in [2.05, 4.69) is 37.7 Å². The van der Waals surface area contributed by atoms with Crippen LogP contribution < -0.4 is 0 Å². The molecule has 2 heteroatoms. The van der Waals surface area contributed by atoms with E-state index in [4.69, 9.17) is 0 Å². The van der Waals surface area contributed by atoms with Crippen LogP contribution in [0.25, 0.3) is 0 Å². The van der Waals surface area contributed by atoms with Gasteiger partial charge in [-0.15, -0.1) is 0 Å². The molecule has 2 aliphatic heterocycles. The first-order valence-electron chi connectivity index (χ1n) is 5.88. The fourth-order valence-electron chi connectivity index (χ4n) is 3.24. The third-order valence-corrected chi connectivity index (χ3v) is 5.17. The molecule has 2 nitrogen and oxygen atoms in total. The highest BCUT2D eigenvalue weighted by atomic mass is 15.2. The average molecular weight is 196 g/mol. The molecular weight excluding hydrogens is 172 g/mol. The van der Waals surface area contributed by atoms with Crippen molar-refractivity contribution in [3.63, 3.8) is 0 Å². The molecule has 0 saturated carbocycles. The molecule has 2 saturated heterocycles. The number of likely N-dealkylation sites (tertiary alicyclic amines) is 2. The van der Waals surface area contributed by atoms with Gasteiger partial charge < -0.3 is 9.80 Å². The molecule has 0 aromatic carbocycles. The lowest BCUT2D eigenvalue weighted by Gasteiger charge is -2.43. The van der Waals surface area contributed by atoms with Gasteiger partial charge in [0.25, 0.3) is 0 Å². The molecule has 0 bridgehead atoms. The lowest BCUT2D eigenvalue weighted by molar-refractivity contribution is 0.0780. The van der Waals surface area contributed by atoms with Crippen LogP contribution in [0.2, 0.25) is 0 Å². The Kier molecular flexibility index (Phi) is 2.39. The van der Waals surface area contributed by atoms with Crippen molar-refractivity contribution >= 4 is 0 Å². The van der Waals surface area contributed by atoms with Crippen molar-refractivity contribution in [3.8, 4) is 0 Å². The van der Waals surface area contributed by atoms with Gasteiger partial charge in [-0.25, -0.2) is 0 Å². The highest BCUT2D eigenvalue weighted by Crippen LogP contribution is 2.50. The van der Waals surface area contributed by atoms with Gasteiger partial charge in [0.05, 0.1) is 0 Å². The van der Waals surface area contributed by atoms with Crippen LogP contribution in [0.3, 0.4) is 0 Å². The van der Waals surface area contributed by atoms with E-state index in [0.717, 1.165) is 0 Å². The van der Waals surface area contributed by atoms with Gasteiger partial charge in [-0.05, 0) is 65.3 Å². The maximum Gasteiger partial charge on any atom is 0.0245 e. The van der Waals surface area contributed by atoms with Gasteiger partial charge in [-0.3, -0.25) is 0 Å². The number of fused-ring (bicyclic) bond motifs is 1. The Balaban J connectivity index is 2.26. The molecule has 2 aliphatic rings. The molecule has 0 radical (unpaired) electrons. The Morgan fingerprint density at radius 3 is 2.14 bits per heavy atom. The fraction of sp³-hybridized carbons (Fsp3) is 1.00. The summed E-state index contributed by atoms with van der Waals surface area (Å²) in [5.41, 5.74) is 0.990. The van der Waals surface area contributed by atoms with Crippen molar-refractivity contribution in [3.05, 3.63) is 0 Å². The summed E-state index contributed by atoms with van der Waals surface area (Å²) < 4.78 is 0. The molecule has 82 valence electrons. The molecule has 2 rings (SSSR count). The van der Waals surface area contributed by atoms with Crippen molar-refractivity contribution in [2.24, 2.45) is 5.41 Å². The van der Waals surface area contributed by atoms with E-state index in [-0.39, 0.29) is 0 Å². The first-order chi connectivity index (χ1) is 6.48. The average Bonchev–Trinajstić information content (AvgIpc) is 2.30. The SMILES string of the molecule is CN1CCC2(C)CCN(C)C2(C)CC1. The number of hydrogen-bond donors (Lipinski definition) is 0. The maximum atomic E-state index is 2.59. The number of hydrogen-bond acceptors (Lipinski definition) is 2. The van der Waals surface area contributed by atoms with Crippen molar-refractivity contribution in [1.82, 2.24) is 9.80 Å². The van der Waals surface area contributed by atoms with Gasteiger partial charge >= 0.3 is 0 Å². The van der Waals surface area contributed by atoms with Crippen molar-refractivity contribution in [1.29, 1.82) is 0 Å². The molecule has 2 unspecified atom stereocenters. The normalized spacial score (nSPS) is 46.3. The smallest absolute Gasteiger partial charge is 0.0245 e. The van der Waals surface area contributed by atoms with Crippen LogP contribution in [-0.2, 0) is 0 Å². The molecule has 0 amide bonds. The third kappa shape index (κ3) is 1.31. The molecular formula is C12H24N2. The van der Waals surface area contributed by atoms with Crippen LogP contribution in [0, 0.1) is 5.41 Å². The summed E-state index contributed by atoms with van der Waals surface area (Å²) in [5.74, 6) is 0. The number of rotatable bonds is 0. The summed E-state index contributed by atoms with van der Waals surface area (Å²) in [5, 5.41) is 0. The van der Waals surface area contributed by atoms with E-state index in [9.17, 15) is 0 Å². The summed E-state index contributed by atoms with van der Waals surface area (Å²) >= 11 is 0. The molecule has 0 spiro atoms. The highest BCUT2D eigenvalue weighted by molar-refractivity contribution is 5.06. The van der Waals surface area contributed by atoms with Gasteiger partial charge in [-0.2, -0.15) is 0 Å². The Morgan fingerprint density at radius 2 is 1.43 bits per heavy atom. The quantitative estimate of drug-likeness (QED) is 0.583. The second-order valence-corrected chi connectivity index (χ2v) is 5.81. The van der Waals surface area contributed by atoms with Crippen LogP contribution in [-0.4, -0.2) is 49.1 Å². The molecule has 0 aromatic heterocycles. The monoisotopic (exact) mass is 196 g/mol. The zero-order valence-corrected chi connectivity index (χ0v) is 10.1. The topological polar surface area (TPSA) is 6.48 Å². The molecule has 14 heavy (non-hydrogen) atoms. The maximum absolute atomic E-state index is 2.59. The lowest BCUT2D eigenvalue weighted by Crippen LogP contribution is -2.48. The largest absolute Gasteiger partial charge is 0.306 e. The van der Waals surface area contributed by atoms with Crippen molar-refractivity contribution in [2.45, 2.75) is 38.6 Å². The summed E-state index contributed by atoms with van der Waals surface area (Å²) in [6, 6.07) is 0. The first kappa shape index (κ1) is 10.4. The van der Waals surface area contributed by atoms with Crippen LogP contribution in [0.5, 0.6) is 0 Å². The van der Waals surface area contributed by atoms with Crippen LogP contribution >= 0.6 is 0 Å². The lowest BCUT2D eigenvalue weighted by atomic mass is 9.69. The van der Waals surface area contributed by atoms with Crippen molar-refractivity contribution < 1.29 is 0 Å². The second kappa shape index (κ2) is 3.21. The molecule has 2 heterocycles. The van der Waals surface area contributed by atoms with Gasteiger partial charge in [0, 0.05) is 5.54 Å². The van der Waals surface area contributed by atoms with Gasteiger partial charge in [0.1, 0.15) is 0 Å². The number of nitrogens with zero attached hydrogens (tertiary/aromatic N) is 2. The first-order valence-corrected chi connectivity index (χ1v) is 5.88. The second-order valence-electron chi connectivity index (χ2n) is 5.81. The minimum Gasteiger partial charge on any atom is -0.306 e. The minimum absolute atomic E-state index is 0.442. The summed E-state index contributed by atoms with van der Waals surface area (Å²) in [7, 11) is 4.56. The Morgan fingerprint density at radius 1 is 0.857 bits per heavy atom. The van der Waals surface area contributed by atoms with E-state index in [0.29, 0.717) is 11.0 Å².